The molecule has 1 fully saturated rings. The monoisotopic (exact) mass is 359 g/mol. The van der Waals surface area contributed by atoms with Crippen molar-refractivity contribution in [2.45, 2.75) is 25.7 Å². The number of anilines is 3. The molecule has 0 atom stereocenters. The highest BCUT2D eigenvalue weighted by molar-refractivity contribution is 5.91. The van der Waals surface area contributed by atoms with Gasteiger partial charge in [-0.3, -0.25) is 4.79 Å². The number of halogens is 2. The van der Waals surface area contributed by atoms with Gasteiger partial charge in [0, 0.05) is 37.4 Å². The first-order chi connectivity index (χ1) is 12.6. The zero-order valence-electron chi connectivity index (χ0n) is 14.6. The number of hydrogen-bond donors (Lipinski definition) is 2. The van der Waals surface area contributed by atoms with Crippen molar-refractivity contribution in [1.82, 2.24) is 0 Å². The van der Waals surface area contributed by atoms with Crippen LogP contribution >= 0.6 is 0 Å². The maximum absolute atomic E-state index is 13.5. The molecule has 2 N–H and O–H groups in total. The van der Waals surface area contributed by atoms with Crippen LogP contribution in [0, 0.1) is 11.6 Å². The zero-order valence-corrected chi connectivity index (χ0v) is 14.6. The second-order valence-corrected chi connectivity index (χ2v) is 6.42. The first-order valence-electron chi connectivity index (χ1n) is 8.96. The van der Waals surface area contributed by atoms with Crippen molar-refractivity contribution in [2.24, 2.45) is 0 Å². The van der Waals surface area contributed by atoms with Crippen molar-refractivity contribution in [1.29, 1.82) is 0 Å². The number of amides is 1. The molecule has 4 nitrogen and oxygen atoms in total. The third-order valence-electron chi connectivity index (χ3n) is 4.50. The molecule has 1 aliphatic heterocycles. The van der Waals surface area contributed by atoms with Crippen LogP contribution in [0.1, 0.15) is 25.7 Å². The molecule has 26 heavy (non-hydrogen) atoms. The van der Waals surface area contributed by atoms with Gasteiger partial charge < -0.3 is 15.5 Å². The van der Waals surface area contributed by atoms with Crippen LogP contribution < -0.4 is 15.5 Å². The Hall–Kier alpha value is -2.63. The third kappa shape index (κ3) is 4.71. The molecule has 0 unspecified atom stereocenters. The van der Waals surface area contributed by atoms with Crippen molar-refractivity contribution in [3.63, 3.8) is 0 Å². The molecule has 0 radical (unpaired) electrons. The molecule has 3 rings (SSSR count). The SMILES string of the molecule is O=C(CCNc1ccc(N2CCCCC2)cc1)Nc1c(F)cccc1F. The van der Waals surface area contributed by atoms with Crippen LogP contribution in [0.5, 0.6) is 0 Å². The van der Waals surface area contributed by atoms with Gasteiger partial charge in [-0.25, -0.2) is 8.78 Å². The number of carbonyl (C=O) groups excluding carboxylic acids is 1. The molecule has 0 saturated carbocycles. The lowest BCUT2D eigenvalue weighted by molar-refractivity contribution is -0.116. The van der Waals surface area contributed by atoms with Crippen molar-refractivity contribution >= 4 is 23.0 Å². The molecule has 6 heteroatoms. The van der Waals surface area contributed by atoms with Gasteiger partial charge in [0.25, 0.3) is 0 Å². The highest BCUT2D eigenvalue weighted by atomic mass is 19.1. The van der Waals surface area contributed by atoms with E-state index in [1.54, 1.807) is 0 Å². The Morgan fingerprint density at radius 2 is 1.62 bits per heavy atom. The van der Waals surface area contributed by atoms with E-state index in [4.69, 9.17) is 0 Å². The molecule has 1 saturated heterocycles. The maximum atomic E-state index is 13.5. The first-order valence-corrected chi connectivity index (χ1v) is 8.96. The van der Waals surface area contributed by atoms with Gasteiger partial charge in [0.15, 0.2) is 0 Å². The van der Waals surface area contributed by atoms with Crippen LogP contribution in [0.25, 0.3) is 0 Å². The number of carbonyl (C=O) groups is 1. The Balaban J connectivity index is 1.46. The molecule has 2 aromatic carbocycles. The molecular weight excluding hydrogens is 336 g/mol. The molecule has 138 valence electrons. The minimum absolute atomic E-state index is 0.113. The van der Waals surface area contributed by atoms with E-state index >= 15 is 0 Å². The van der Waals surface area contributed by atoms with E-state index in [1.165, 1.54) is 31.0 Å². The van der Waals surface area contributed by atoms with Crippen LogP contribution in [0.4, 0.5) is 25.8 Å². The number of nitrogens with one attached hydrogen (secondary N) is 2. The van der Waals surface area contributed by atoms with E-state index in [2.05, 4.69) is 27.7 Å². The van der Waals surface area contributed by atoms with Gasteiger partial charge in [-0.05, 0) is 55.7 Å². The molecule has 0 aromatic heterocycles. The number of para-hydroxylation sites is 1. The van der Waals surface area contributed by atoms with E-state index in [-0.39, 0.29) is 6.42 Å². The summed E-state index contributed by atoms with van der Waals surface area (Å²) in [7, 11) is 0. The third-order valence-corrected chi connectivity index (χ3v) is 4.50. The topological polar surface area (TPSA) is 44.4 Å². The van der Waals surface area contributed by atoms with Crippen molar-refractivity contribution in [3.8, 4) is 0 Å². The van der Waals surface area contributed by atoms with E-state index in [9.17, 15) is 13.6 Å². The standard InChI is InChI=1S/C20H23F2N3O/c21-17-5-4-6-18(22)20(17)24-19(26)11-12-23-15-7-9-16(10-8-15)25-13-2-1-3-14-25/h4-10,23H,1-3,11-14H2,(H,24,26). The average Bonchev–Trinajstić information content (AvgIpc) is 2.66. The van der Waals surface area contributed by atoms with E-state index in [0.717, 1.165) is 30.9 Å². The Morgan fingerprint density at radius 1 is 0.962 bits per heavy atom. The minimum Gasteiger partial charge on any atom is -0.385 e. The Morgan fingerprint density at radius 3 is 2.27 bits per heavy atom. The predicted octanol–water partition coefficient (Wildman–Crippen LogP) is 4.40. The van der Waals surface area contributed by atoms with E-state index in [1.807, 2.05) is 12.1 Å². The van der Waals surface area contributed by atoms with Crippen molar-refractivity contribution in [2.75, 3.05) is 35.2 Å². The fourth-order valence-corrected chi connectivity index (χ4v) is 3.08. The average molecular weight is 359 g/mol. The summed E-state index contributed by atoms with van der Waals surface area (Å²) in [6.07, 6.45) is 3.88. The highest BCUT2D eigenvalue weighted by Crippen LogP contribution is 2.22. The van der Waals surface area contributed by atoms with Gasteiger partial charge in [-0.2, -0.15) is 0 Å². The smallest absolute Gasteiger partial charge is 0.226 e. The molecule has 0 bridgehead atoms. The second-order valence-electron chi connectivity index (χ2n) is 6.42. The summed E-state index contributed by atoms with van der Waals surface area (Å²) in [6.45, 7) is 2.57. The molecular formula is C20H23F2N3O. The lowest BCUT2D eigenvalue weighted by Crippen LogP contribution is -2.29. The van der Waals surface area contributed by atoms with Gasteiger partial charge in [0.1, 0.15) is 17.3 Å². The fraction of sp³-hybridized carbons (Fsp3) is 0.350. The summed E-state index contributed by atoms with van der Waals surface area (Å²) in [5.74, 6) is -1.99. The normalized spacial score (nSPS) is 14.2. The fourth-order valence-electron chi connectivity index (χ4n) is 3.08. The van der Waals surface area contributed by atoms with Crippen LogP contribution in [-0.2, 0) is 4.79 Å². The largest absolute Gasteiger partial charge is 0.385 e. The zero-order chi connectivity index (χ0) is 18.4. The highest BCUT2D eigenvalue weighted by Gasteiger charge is 2.12. The number of hydrogen-bond acceptors (Lipinski definition) is 3. The lowest BCUT2D eigenvalue weighted by atomic mass is 10.1. The van der Waals surface area contributed by atoms with Gasteiger partial charge >= 0.3 is 0 Å². The van der Waals surface area contributed by atoms with Crippen molar-refractivity contribution < 1.29 is 13.6 Å². The first kappa shape index (κ1) is 18.2. The summed E-state index contributed by atoms with van der Waals surface area (Å²) in [4.78, 5) is 14.3. The molecule has 1 heterocycles. The van der Waals surface area contributed by atoms with Gasteiger partial charge in [0.05, 0.1) is 0 Å². The Bertz CT molecular complexity index is 723. The van der Waals surface area contributed by atoms with Crippen LogP contribution in [0.15, 0.2) is 42.5 Å². The van der Waals surface area contributed by atoms with E-state index in [0.29, 0.717) is 6.54 Å². The van der Waals surface area contributed by atoms with Crippen LogP contribution in [0.3, 0.4) is 0 Å². The maximum Gasteiger partial charge on any atom is 0.226 e. The minimum atomic E-state index is -0.778. The van der Waals surface area contributed by atoms with Crippen LogP contribution in [-0.4, -0.2) is 25.5 Å². The molecule has 0 aliphatic carbocycles. The second kappa shape index (κ2) is 8.65. The summed E-state index contributed by atoms with van der Waals surface area (Å²) in [5, 5.41) is 5.44. The van der Waals surface area contributed by atoms with Gasteiger partial charge in [-0.15, -0.1) is 0 Å². The van der Waals surface area contributed by atoms with Gasteiger partial charge in [0.2, 0.25) is 5.91 Å². The number of rotatable bonds is 6. The number of nitrogens with zero attached hydrogens (tertiary/aromatic N) is 1. The quantitative estimate of drug-likeness (QED) is 0.804. The summed E-state index contributed by atoms with van der Waals surface area (Å²) < 4.78 is 27.0. The van der Waals surface area contributed by atoms with Crippen molar-refractivity contribution in [3.05, 3.63) is 54.1 Å². The summed E-state index contributed by atoms with van der Waals surface area (Å²) >= 11 is 0. The number of benzene rings is 2. The van der Waals surface area contributed by atoms with Gasteiger partial charge in [-0.1, -0.05) is 6.07 Å². The molecule has 2 aromatic rings. The predicted molar refractivity (Wildman–Crippen MR) is 101 cm³/mol. The molecule has 0 spiro atoms. The Labute approximate surface area is 152 Å². The van der Waals surface area contributed by atoms with E-state index < -0.39 is 23.2 Å². The Kier molecular flexibility index (Phi) is 6.04. The molecule has 1 amide bonds. The summed E-state index contributed by atoms with van der Waals surface area (Å²) in [5.41, 5.74) is 1.72. The molecule has 1 aliphatic rings. The number of piperidine rings is 1. The summed E-state index contributed by atoms with van der Waals surface area (Å²) in [6, 6.07) is 11.6. The van der Waals surface area contributed by atoms with Crippen LogP contribution in [0.2, 0.25) is 0 Å². The lowest BCUT2D eigenvalue weighted by Gasteiger charge is -2.28.